The maximum Gasteiger partial charge on any atom is 0.171 e. The minimum atomic E-state index is 0.118. The summed E-state index contributed by atoms with van der Waals surface area (Å²) in [7, 11) is 0. The van der Waals surface area contributed by atoms with Crippen molar-refractivity contribution in [3.63, 3.8) is 0 Å². The Labute approximate surface area is 131 Å². The smallest absolute Gasteiger partial charge is 0.171 e. The molecule has 1 aromatic heterocycles. The maximum atomic E-state index is 11.8. The van der Waals surface area contributed by atoms with Gasteiger partial charge in [0, 0.05) is 25.6 Å². The van der Waals surface area contributed by atoms with E-state index in [1.165, 1.54) is 49.1 Å². The molecule has 2 fully saturated rings. The second kappa shape index (κ2) is 5.99. The molecule has 1 saturated carbocycles. The predicted molar refractivity (Wildman–Crippen MR) is 90.6 cm³/mol. The molecule has 116 valence electrons. The molecule has 0 aromatic carbocycles. The lowest BCUT2D eigenvalue weighted by Crippen LogP contribution is -2.24. The zero-order chi connectivity index (χ0) is 15.0. The van der Waals surface area contributed by atoms with Gasteiger partial charge in [0.25, 0.3) is 0 Å². The van der Waals surface area contributed by atoms with E-state index in [4.69, 9.17) is 5.73 Å². The van der Waals surface area contributed by atoms with E-state index in [0.29, 0.717) is 5.92 Å². The molecular formula is C17H26N2OS. The van der Waals surface area contributed by atoms with E-state index in [9.17, 15) is 4.79 Å². The quantitative estimate of drug-likeness (QED) is 0.837. The maximum absolute atomic E-state index is 11.8. The molecule has 1 aromatic rings. The van der Waals surface area contributed by atoms with Crippen LogP contribution >= 0.6 is 11.3 Å². The Hall–Kier alpha value is -1.03. The number of hydrogen-bond donors (Lipinski definition) is 1. The third-order valence-electron chi connectivity index (χ3n) is 4.98. The fourth-order valence-electron chi connectivity index (χ4n) is 3.48. The Bertz CT molecular complexity index is 533. The highest BCUT2D eigenvalue weighted by molar-refractivity contribution is 7.18. The average molecular weight is 306 g/mol. The highest BCUT2D eigenvalue weighted by Crippen LogP contribution is 2.52. The van der Waals surface area contributed by atoms with Gasteiger partial charge in [-0.3, -0.25) is 4.79 Å². The molecule has 21 heavy (non-hydrogen) atoms. The highest BCUT2D eigenvalue weighted by Gasteiger charge is 2.34. The Morgan fingerprint density at radius 3 is 2.67 bits per heavy atom. The molecule has 0 bridgehead atoms. The second-order valence-corrected chi connectivity index (χ2v) is 7.59. The number of rotatable bonds is 4. The van der Waals surface area contributed by atoms with Gasteiger partial charge in [-0.2, -0.15) is 0 Å². The Morgan fingerprint density at radius 2 is 2.05 bits per heavy atom. The predicted octanol–water partition coefficient (Wildman–Crippen LogP) is 4.43. The van der Waals surface area contributed by atoms with Gasteiger partial charge >= 0.3 is 0 Å². The third kappa shape index (κ3) is 2.96. The molecule has 3 rings (SSSR count). The van der Waals surface area contributed by atoms with E-state index in [-0.39, 0.29) is 5.78 Å². The first-order valence-corrected chi connectivity index (χ1v) is 9.11. The number of carbonyl (C=O) groups is 1. The SMILES string of the molecule is CCC1CCCN(c2sc(C(C)=O)c(N)c2C2CC2)CC1. The molecule has 1 aliphatic carbocycles. The fourth-order valence-corrected chi connectivity index (χ4v) is 4.74. The Balaban J connectivity index is 1.90. The first-order chi connectivity index (χ1) is 10.1. The van der Waals surface area contributed by atoms with Crippen LogP contribution in [0.1, 0.15) is 73.5 Å². The van der Waals surface area contributed by atoms with Crippen LogP contribution in [0.25, 0.3) is 0 Å². The summed E-state index contributed by atoms with van der Waals surface area (Å²) in [6, 6.07) is 0. The van der Waals surface area contributed by atoms with E-state index in [0.717, 1.165) is 29.6 Å². The van der Waals surface area contributed by atoms with Crippen LogP contribution in [0.2, 0.25) is 0 Å². The number of carbonyl (C=O) groups excluding carboxylic acids is 1. The van der Waals surface area contributed by atoms with Crippen LogP contribution in [0.15, 0.2) is 0 Å². The third-order valence-corrected chi connectivity index (χ3v) is 6.36. The van der Waals surface area contributed by atoms with E-state index >= 15 is 0 Å². The average Bonchev–Trinajstić information content (AvgIpc) is 3.25. The first kappa shape index (κ1) is 14.9. The monoisotopic (exact) mass is 306 g/mol. The van der Waals surface area contributed by atoms with Crippen LogP contribution < -0.4 is 10.6 Å². The summed E-state index contributed by atoms with van der Waals surface area (Å²) in [6.45, 7) is 6.17. The molecule has 0 spiro atoms. The number of anilines is 2. The summed E-state index contributed by atoms with van der Waals surface area (Å²) in [5.74, 6) is 1.59. The van der Waals surface area contributed by atoms with Gasteiger partial charge < -0.3 is 10.6 Å². The van der Waals surface area contributed by atoms with E-state index in [2.05, 4.69) is 11.8 Å². The van der Waals surface area contributed by atoms with Crippen molar-refractivity contribution in [3.05, 3.63) is 10.4 Å². The van der Waals surface area contributed by atoms with Crippen LogP contribution in [0.3, 0.4) is 0 Å². The van der Waals surface area contributed by atoms with Crippen LogP contribution in [0, 0.1) is 5.92 Å². The molecule has 1 saturated heterocycles. The van der Waals surface area contributed by atoms with Gasteiger partial charge in [0.15, 0.2) is 5.78 Å². The molecule has 1 unspecified atom stereocenters. The molecule has 2 aliphatic rings. The van der Waals surface area contributed by atoms with Crippen LogP contribution in [-0.4, -0.2) is 18.9 Å². The zero-order valence-electron chi connectivity index (χ0n) is 13.2. The molecule has 4 heteroatoms. The first-order valence-electron chi connectivity index (χ1n) is 8.29. The van der Waals surface area contributed by atoms with Gasteiger partial charge in [0.05, 0.1) is 15.6 Å². The van der Waals surface area contributed by atoms with E-state index in [1.807, 2.05) is 0 Å². The van der Waals surface area contributed by atoms with Gasteiger partial charge in [0.1, 0.15) is 0 Å². The topological polar surface area (TPSA) is 46.3 Å². The van der Waals surface area contributed by atoms with Crippen molar-refractivity contribution in [2.45, 2.75) is 58.3 Å². The fraction of sp³-hybridized carbons (Fsp3) is 0.706. The molecule has 0 radical (unpaired) electrons. The standard InChI is InChI=1S/C17H26N2OS/c1-3-12-5-4-9-19(10-8-12)17-14(13-6-7-13)15(18)16(21-17)11(2)20/h12-13H,3-10,18H2,1-2H3. The van der Waals surface area contributed by atoms with Crippen molar-refractivity contribution in [3.8, 4) is 0 Å². The number of hydrogen-bond acceptors (Lipinski definition) is 4. The van der Waals surface area contributed by atoms with Gasteiger partial charge in [-0.15, -0.1) is 11.3 Å². The summed E-state index contributed by atoms with van der Waals surface area (Å²) in [5, 5.41) is 1.30. The molecule has 2 N–H and O–H groups in total. The van der Waals surface area contributed by atoms with Crippen molar-refractivity contribution in [1.29, 1.82) is 0 Å². The summed E-state index contributed by atoms with van der Waals surface area (Å²) in [5.41, 5.74) is 8.38. The van der Waals surface area contributed by atoms with Crippen LogP contribution in [0.4, 0.5) is 10.7 Å². The summed E-state index contributed by atoms with van der Waals surface area (Å²) < 4.78 is 0. The van der Waals surface area contributed by atoms with Crippen molar-refractivity contribution in [1.82, 2.24) is 0 Å². The highest BCUT2D eigenvalue weighted by atomic mass is 32.1. The van der Waals surface area contributed by atoms with Gasteiger partial charge in [-0.1, -0.05) is 13.3 Å². The van der Waals surface area contributed by atoms with E-state index in [1.54, 1.807) is 18.3 Å². The lowest BCUT2D eigenvalue weighted by atomic mass is 9.98. The molecule has 3 nitrogen and oxygen atoms in total. The number of Topliss-reactive ketones (excluding diaryl/α,β-unsaturated/α-hetero) is 1. The number of nitrogen functional groups attached to an aromatic ring is 1. The van der Waals surface area contributed by atoms with Crippen molar-refractivity contribution in [2.75, 3.05) is 23.7 Å². The second-order valence-electron chi connectivity index (χ2n) is 6.59. The van der Waals surface area contributed by atoms with Crippen molar-refractivity contribution >= 4 is 27.8 Å². The van der Waals surface area contributed by atoms with Crippen LogP contribution in [-0.2, 0) is 0 Å². The van der Waals surface area contributed by atoms with E-state index < -0.39 is 0 Å². The van der Waals surface area contributed by atoms with Crippen molar-refractivity contribution in [2.24, 2.45) is 5.92 Å². The number of thiophene rings is 1. The van der Waals surface area contributed by atoms with Gasteiger partial charge in [-0.05, 0) is 43.9 Å². The normalized spacial score (nSPS) is 23.1. The Morgan fingerprint density at radius 1 is 1.29 bits per heavy atom. The van der Waals surface area contributed by atoms with Crippen molar-refractivity contribution < 1.29 is 4.79 Å². The molecule has 1 atom stereocenters. The van der Waals surface area contributed by atoms with Gasteiger partial charge in [-0.25, -0.2) is 0 Å². The minimum Gasteiger partial charge on any atom is -0.397 e. The molecule has 2 heterocycles. The lowest BCUT2D eigenvalue weighted by Gasteiger charge is -2.23. The number of nitrogens with zero attached hydrogens (tertiary/aromatic N) is 1. The number of ketones is 1. The van der Waals surface area contributed by atoms with Crippen LogP contribution in [0.5, 0.6) is 0 Å². The number of nitrogens with two attached hydrogens (primary N) is 1. The van der Waals surface area contributed by atoms with Gasteiger partial charge in [0.2, 0.25) is 0 Å². The zero-order valence-corrected chi connectivity index (χ0v) is 14.0. The largest absolute Gasteiger partial charge is 0.397 e. The molecule has 1 aliphatic heterocycles. The minimum absolute atomic E-state index is 0.118. The summed E-state index contributed by atoms with van der Waals surface area (Å²) >= 11 is 1.64. The Kier molecular flexibility index (Phi) is 4.25. The lowest BCUT2D eigenvalue weighted by molar-refractivity contribution is 0.102. The molecular weight excluding hydrogens is 280 g/mol. The molecule has 0 amide bonds. The summed E-state index contributed by atoms with van der Waals surface area (Å²) in [6.07, 6.45) is 7.62. The summed E-state index contributed by atoms with van der Waals surface area (Å²) in [4.78, 5) is 15.1.